The number of esters is 1. The van der Waals surface area contributed by atoms with Crippen molar-refractivity contribution in [3.05, 3.63) is 63.1 Å². The third kappa shape index (κ3) is 3.79. The van der Waals surface area contributed by atoms with Crippen LogP contribution in [0.5, 0.6) is 0 Å². The van der Waals surface area contributed by atoms with E-state index in [9.17, 15) is 18.4 Å². The maximum absolute atomic E-state index is 13.6. The van der Waals surface area contributed by atoms with E-state index in [1.54, 1.807) is 29.9 Å². The summed E-state index contributed by atoms with van der Waals surface area (Å²) in [7, 11) is 0. The van der Waals surface area contributed by atoms with Crippen LogP contribution in [0.15, 0.2) is 29.6 Å². The molecule has 2 aromatic heterocycles. The summed E-state index contributed by atoms with van der Waals surface area (Å²) in [6.45, 7) is 3.78. The van der Waals surface area contributed by atoms with Crippen molar-refractivity contribution in [2.45, 2.75) is 20.4 Å². The van der Waals surface area contributed by atoms with Crippen molar-refractivity contribution in [1.29, 1.82) is 0 Å². The summed E-state index contributed by atoms with van der Waals surface area (Å²) < 4.78 is 33.5. The zero-order chi connectivity index (χ0) is 20.4. The average molecular weight is 405 g/mol. The molecule has 146 valence electrons. The highest BCUT2D eigenvalue weighted by Gasteiger charge is 2.21. The number of aromatic nitrogens is 2. The molecule has 0 radical (unpaired) electrons. The number of nitrogens with two attached hydrogens (primary N) is 1. The first-order chi connectivity index (χ1) is 13.3. The van der Waals surface area contributed by atoms with E-state index in [1.807, 2.05) is 0 Å². The molecular weight excluding hydrogens is 388 g/mol. The smallest absolute Gasteiger partial charge is 0.367 e. The van der Waals surface area contributed by atoms with Gasteiger partial charge >= 0.3 is 5.97 Å². The Kier molecular flexibility index (Phi) is 5.55. The first kappa shape index (κ1) is 19.7. The van der Waals surface area contributed by atoms with Crippen molar-refractivity contribution < 1.29 is 23.1 Å². The number of primary amides is 1. The van der Waals surface area contributed by atoms with Crippen LogP contribution in [0.4, 0.5) is 8.78 Å². The molecule has 0 saturated carbocycles. The van der Waals surface area contributed by atoms with E-state index < -0.39 is 23.5 Å². The molecule has 0 aliphatic rings. The van der Waals surface area contributed by atoms with Crippen molar-refractivity contribution in [1.82, 2.24) is 9.55 Å². The number of rotatable bonds is 6. The maximum Gasteiger partial charge on any atom is 0.367 e. The quantitative estimate of drug-likeness (QED) is 0.636. The number of ether oxygens (including phenoxy) is 1. The van der Waals surface area contributed by atoms with Crippen molar-refractivity contribution in [2.75, 3.05) is 6.61 Å². The van der Waals surface area contributed by atoms with Crippen LogP contribution in [0.25, 0.3) is 11.4 Å². The minimum absolute atomic E-state index is 0.165. The van der Waals surface area contributed by atoms with Crippen LogP contribution in [0, 0.1) is 18.6 Å². The predicted octanol–water partition coefficient (Wildman–Crippen LogP) is 3.52. The van der Waals surface area contributed by atoms with Gasteiger partial charge in [0.05, 0.1) is 23.6 Å². The molecule has 0 saturated heterocycles. The van der Waals surface area contributed by atoms with Gasteiger partial charge in [0, 0.05) is 17.6 Å². The molecule has 1 aromatic carbocycles. The molecular formula is C19H17F2N3O3S. The molecule has 3 aromatic rings. The van der Waals surface area contributed by atoms with Crippen molar-refractivity contribution in [3.63, 3.8) is 0 Å². The molecule has 9 heteroatoms. The highest BCUT2D eigenvalue weighted by Crippen LogP contribution is 2.28. The molecule has 0 spiro atoms. The van der Waals surface area contributed by atoms with Gasteiger partial charge in [-0.25, -0.2) is 18.6 Å². The van der Waals surface area contributed by atoms with Crippen LogP contribution in [0.2, 0.25) is 0 Å². The Morgan fingerprint density at radius 1 is 1.25 bits per heavy atom. The van der Waals surface area contributed by atoms with Crippen molar-refractivity contribution in [3.8, 4) is 11.4 Å². The molecule has 0 aliphatic heterocycles. The van der Waals surface area contributed by atoms with E-state index in [0.29, 0.717) is 22.6 Å². The molecule has 0 atom stereocenters. The molecule has 1 amide bonds. The predicted molar refractivity (Wildman–Crippen MR) is 100 cm³/mol. The first-order valence-electron chi connectivity index (χ1n) is 8.38. The highest BCUT2D eigenvalue weighted by atomic mass is 32.1. The number of benzene rings is 1. The van der Waals surface area contributed by atoms with Crippen LogP contribution >= 0.6 is 11.3 Å². The lowest BCUT2D eigenvalue weighted by molar-refractivity contribution is 0.0526. The van der Waals surface area contributed by atoms with Gasteiger partial charge in [0.25, 0.3) is 5.91 Å². The normalized spacial score (nSPS) is 10.9. The molecule has 0 unspecified atom stereocenters. The van der Waals surface area contributed by atoms with Crippen molar-refractivity contribution in [2.24, 2.45) is 5.73 Å². The van der Waals surface area contributed by atoms with E-state index in [-0.39, 0.29) is 23.7 Å². The molecule has 6 nitrogen and oxygen atoms in total. The fraction of sp³-hybridized carbons (Fsp3) is 0.211. The lowest BCUT2D eigenvalue weighted by Crippen LogP contribution is -2.13. The third-order valence-electron chi connectivity index (χ3n) is 4.17. The molecule has 28 heavy (non-hydrogen) atoms. The summed E-state index contributed by atoms with van der Waals surface area (Å²) in [6, 6.07) is 5.16. The summed E-state index contributed by atoms with van der Waals surface area (Å²) in [4.78, 5) is 27.9. The second-order valence-corrected chi connectivity index (χ2v) is 6.84. The number of carbonyl (C=O) groups is 2. The number of amides is 1. The van der Waals surface area contributed by atoms with E-state index in [4.69, 9.17) is 10.5 Å². The van der Waals surface area contributed by atoms with Crippen LogP contribution in [-0.2, 0) is 11.3 Å². The van der Waals surface area contributed by atoms with Crippen LogP contribution in [-0.4, -0.2) is 28.0 Å². The Hall–Kier alpha value is -3.07. The zero-order valence-electron chi connectivity index (χ0n) is 15.2. The zero-order valence-corrected chi connectivity index (χ0v) is 16.0. The molecule has 0 aliphatic carbocycles. The summed E-state index contributed by atoms with van der Waals surface area (Å²) >= 11 is 1.11. The van der Waals surface area contributed by atoms with Gasteiger partial charge in [-0.05, 0) is 37.6 Å². The second-order valence-electron chi connectivity index (χ2n) is 5.99. The topological polar surface area (TPSA) is 87.2 Å². The van der Waals surface area contributed by atoms with Gasteiger partial charge < -0.3 is 15.0 Å². The summed E-state index contributed by atoms with van der Waals surface area (Å²) in [5.41, 5.74) is 7.76. The number of thiazole rings is 1. The second kappa shape index (κ2) is 7.89. The van der Waals surface area contributed by atoms with Crippen molar-refractivity contribution >= 4 is 23.2 Å². The standard InChI is InChI=1S/C19H17F2N3O3S/c1-3-27-19(26)18-23-15(9-28-18)16-7-12(17(22)25)10(2)24(16)8-11-4-5-13(20)14(21)6-11/h4-7,9H,3,8H2,1-2H3,(H2,22,25). The fourth-order valence-electron chi connectivity index (χ4n) is 2.81. The Balaban J connectivity index is 2.05. The van der Waals surface area contributed by atoms with Gasteiger partial charge in [0.1, 0.15) is 0 Å². The Labute approximate surface area is 163 Å². The lowest BCUT2D eigenvalue weighted by atomic mass is 10.2. The average Bonchev–Trinajstić information content (AvgIpc) is 3.24. The lowest BCUT2D eigenvalue weighted by Gasteiger charge is -2.11. The number of halogens is 2. The monoisotopic (exact) mass is 405 g/mol. The highest BCUT2D eigenvalue weighted by molar-refractivity contribution is 7.11. The largest absolute Gasteiger partial charge is 0.461 e. The number of carbonyl (C=O) groups excluding carboxylic acids is 2. The number of hydrogen-bond donors (Lipinski definition) is 1. The van der Waals surface area contributed by atoms with Gasteiger partial charge in [0.15, 0.2) is 11.6 Å². The van der Waals surface area contributed by atoms with E-state index in [2.05, 4.69) is 4.98 Å². The Bertz CT molecular complexity index is 1060. The van der Waals surface area contributed by atoms with Gasteiger partial charge in [0.2, 0.25) is 5.01 Å². The molecule has 0 bridgehead atoms. The van der Waals surface area contributed by atoms with Gasteiger partial charge in [-0.15, -0.1) is 11.3 Å². The molecule has 2 N–H and O–H groups in total. The van der Waals surface area contributed by atoms with Crippen LogP contribution in [0.3, 0.4) is 0 Å². The van der Waals surface area contributed by atoms with E-state index >= 15 is 0 Å². The summed E-state index contributed by atoms with van der Waals surface area (Å²) in [5.74, 6) is -3.06. The SMILES string of the molecule is CCOC(=O)c1nc(-c2cc(C(N)=O)c(C)n2Cc2ccc(F)c(F)c2)cs1. The van der Waals surface area contributed by atoms with Crippen LogP contribution < -0.4 is 5.73 Å². The number of nitrogens with zero attached hydrogens (tertiary/aromatic N) is 2. The van der Waals surface area contributed by atoms with E-state index in [0.717, 1.165) is 23.5 Å². The van der Waals surface area contributed by atoms with Gasteiger partial charge in [-0.3, -0.25) is 4.79 Å². The number of hydrogen-bond acceptors (Lipinski definition) is 5. The summed E-state index contributed by atoms with van der Waals surface area (Å²) in [6.07, 6.45) is 0. The fourth-order valence-corrected chi connectivity index (χ4v) is 3.51. The first-order valence-corrected chi connectivity index (χ1v) is 9.26. The third-order valence-corrected chi connectivity index (χ3v) is 5.00. The minimum Gasteiger partial charge on any atom is -0.461 e. The maximum atomic E-state index is 13.6. The molecule has 0 fully saturated rings. The van der Waals surface area contributed by atoms with Crippen LogP contribution in [0.1, 0.15) is 38.3 Å². The Morgan fingerprint density at radius 3 is 2.64 bits per heavy atom. The summed E-state index contributed by atoms with van der Waals surface area (Å²) in [5, 5.41) is 1.84. The molecule has 2 heterocycles. The minimum atomic E-state index is -0.961. The molecule has 3 rings (SSSR count). The Morgan fingerprint density at radius 2 is 2.00 bits per heavy atom. The van der Waals surface area contributed by atoms with E-state index in [1.165, 1.54) is 6.07 Å². The van der Waals surface area contributed by atoms with Gasteiger partial charge in [-0.2, -0.15) is 0 Å². The van der Waals surface area contributed by atoms with Gasteiger partial charge in [-0.1, -0.05) is 6.07 Å².